The van der Waals surface area contributed by atoms with Crippen molar-refractivity contribution in [3.63, 3.8) is 0 Å². The molecule has 1 atom stereocenters. The van der Waals surface area contributed by atoms with Gasteiger partial charge in [0.1, 0.15) is 0 Å². The number of hydrogen-bond acceptors (Lipinski definition) is 3. The zero-order chi connectivity index (χ0) is 17.8. The fourth-order valence-electron chi connectivity index (χ4n) is 4.54. The van der Waals surface area contributed by atoms with Gasteiger partial charge in [-0.25, -0.2) is 0 Å². The monoisotopic (exact) mass is 355 g/mol. The summed E-state index contributed by atoms with van der Waals surface area (Å²) in [6, 6.07) is 12.0. The van der Waals surface area contributed by atoms with Gasteiger partial charge in [0.05, 0.1) is 5.92 Å². The largest absolute Gasteiger partial charge is 0.353 e. The molecule has 0 radical (unpaired) electrons. The molecule has 2 saturated heterocycles. The summed E-state index contributed by atoms with van der Waals surface area (Å²) in [6.07, 6.45) is 8.28. The summed E-state index contributed by atoms with van der Waals surface area (Å²) < 4.78 is 0. The summed E-state index contributed by atoms with van der Waals surface area (Å²) in [5, 5.41) is 3.21. The molecule has 1 aromatic rings. The molecule has 1 aliphatic carbocycles. The summed E-state index contributed by atoms with van der Waals surface area (Å²) in [4.78, 5) is 17.6. The van der Waals surface area contributed by atoms with Crippen molar-refractivity contribution in [1.82, 2.24) is 15.1 Å². The van der Waals surface area contributed by atoms with Crippen molar-refractivity contribution in [3.8, 4) is 0 Å². The Morgan fingerprint density at radius 3 is 2.50 bits per heavy atom. The van der Waals surface area contributed by atoms with Crippen LogP contribution in [-0.4, -0.2) is 60.5 Å². The highest BCUT2D eigenvalue weighted by atomic mass is 16.2. The number of benzene rings is 1. The molecular formula is C22H33N3O. The van der Waals surface area contributed by atoms with Crippen LogP contribution in [0.5, 0.6) is 0 Å². The third kappa shape index (κ3) is 4.86. The molecule has 2 heterocycles. The van der Waals surface area contributed by atoms with E-state index >= 15 is 0 Å². The fraction of sp³-hybridized carbons (Fsp3) is 0.682. The lowest BCUT2D eigenvalue weighted by molar-refractivity contribution is -0.127. The highest BCUT2D eigenvalue weighted by molar-refractivity contribution is 5.79. The van der Waals surface area contributed by atoms with Crippen molar-refractivity contribution >= 4 is 5.91 Å². The molecule has 4 rings (SSSR count). The molecule has 1 amide bonds. The second kappa shape index (κ2) is 8.53. The average Bonchev–Trinajstić information content (AvgIpc) is 3.52. The lowest BCUT2D eigenvalue weighted by Gasteiger charge is -2.42. The molecule has 2 aliphatic heterocycles. The predicted molar refractivity (Wildman–Crippen MR) is 105 cm³/mol. The maximum atomic E-state index is 12.4. The van der Waals surface area contributed by atoms with Gasteiger partial charge < -0.3 is 10.2 Å². The lowest BCUT2D eigenvalue weighted by Crippen LogP contribution is -2.51. The Morgan fingerprint density at radius 1 is 1.00 bits per heavy atom. The molecule has 0 bridgehead atoms. The topological polar surface area (TPSA) is 35.6 Å². The van der Waals surface area contributed by atoms with Crippen LogP contribution in [0.2, 0.25) is 0 Å². The average molecular weight is 356 g/mol. The van der Waals surface area contributed by atoms with Crippen LogP contribution in [0, 0.1) is 5.92 Å². The van der Waals surface area contributed by atoms with E-state index in [-0.39, 0.29) is 5.92 Å². The highest BCUT2D eigenvalue weighted by Crippen LogP contribution is 2.26. The Morgan fingerprint density at radius 2 is 1.77 bits per heavy atom. The Labute approximate surface area is 157 Å². The van der Waals surface area contributed by atoms with Crippen LogP contribution < -0.4 is 5.32 Å². The third-order valence-electron chi connectivity index (χ3n) is 6.38. The van der Waals surface area contributed by atoms with Crippen molar-refractivity contribution < 1.29 is 4.79 Å². The molecule has 3 fully saturated rings. The number of hydrogen-bond donors (Lipinski definition) is 1. The summed E-state index contributed by atoms with van der Waals surface area (Å²) in [5.74, 6) is 0.540. The molecule has 1 aromatic carbocycles. The van der Waals surface area contributed by atoms with Crippen LogP contribution in [-0.2, 0) is 11.2 Å². The van der Waals surface area contributed by atoms with Crippen molar-refractivity contribution in [1.29, 1.82) is 0 Å². The zero-order valence-corrected chi connectivity index (χ0v) is 15.9. The van der Waals surface area contributed by atoms with Crippen LogP contribution in [0.3, 0.4) is 0 Å². The van der Waals surface area contributed by atoms with Gasteiger partial charge in [0.2, 0.25) is 5.91 Å². The van der Waals surface area contributed by atoms with E-state index in [0.717, 1.165) is 19.4 Å². The van der Waals surface area contributed by atoms with Crippen molar-refractivity contribution in [2.45, 2.75) is 57.0 Å². The van der Waals surface area contributed by atoms with Gasteiger partial charge in [-0.1, -0.05) is 30.3 Å². The number of rotatable bonds is 6. The SMILES string of the molecule is O=C(NC1CC1)[C@H]1CCCN(C2CCN(CCc3ccccc3)CC2)C1. The van der Waals surface area contributed by atoms with Gasteiger partial charge >= 0.3 is 0 Å². The molecule has 142 valence electrons. The third-order valence-corrected chi connectivity index (χ3v) is 6.38. The molecular weight excluding hydrogens is 322 g/mol. The Bertz CT molecular complexity index is 578. The Hall–Kier alpha value is -1.39. The van der Waals surface area contributed by atoms with Gasteiger partial charge in [0, 0.05) is 25.2 Å². The smallest absolute Gasteiger partial charge is 0.224 e. The van der Waals surface area contributed by atoms with E-state index in [9.17, 15) is 4.79 Å². The van der Waals surface area contributed by atoms with Gasteiger partial charge in [0.15, 0.2) is 0 Å². The van der Waals surface area contributed by atoms with Crippen molar-refractivity contribution in [2.24, 2.45) is 5.92 Å². The number of amides is 1. The molecule has 4 heteroatoms. The maximum Gasteiger partial charge on any atom is 0.224 e. The van der Waals surface area contributed by atoms with E-state index < -0.39 is 0 Å². The number of piperidine rings is 2. The van der Waals surface area contributed by atoms with Gasteiger partial charge in [0.25, 0.3) is 0 Å². The van der Waals surface area contributed by atoms with E-state index in [1.165, 1.54) is 63.8 Å². The normalized spacial score (nSPS) is 25.9. The molecule has 0 aromatic heterocycles. The molecule has 26 heavy (non-hydrogen) atoms. The predicted octanol–water partition coefficient (Wildman–Crippen LogP) is 2.68. The number of carbonyl (C=O) groups excluding carboxylic acids is 1. The van der Waals surface area contributed by atoms with E-state index in [0.29, 0.717) is 18.0 Å². The molecule has 1 N–H and O–H groups in total. The van der Waals surface area contributed by atoms with E-state index in [1.54, 1.807) is 0 Å². The first-order valence-corrected chi connectivity index (χ1v) is 10.6. The van der Waals surface area contributed by atoms with Gasteiger partial charge in [-0.05, 0) is 70.1 Å². The lowest BCUT2D eigenvalue weighted by atomic mass is 9.93. The fourth-order valence-corrected chi connectivity index (χ4v) is 4.54. The Balaban J connectivity index is 1.20. The first-order chi connectivity index (χ1) is 12.8. The maximum absolute atomic E-state index is 12.4. The summed E-state index contributed by atoms with van der Waals surface area (Å²) in [7, 11) is 0. The quantitative estimate of drug-likeness (QED) is 0.852. The minimum atomic E-state index is 0.223. The van der Waals surface area contributed by atoms with Gasteiger partial charge in [-0.3, -0.25) is 9.69 Å². The standard InChI is InChI=1S/C22H33N3O/c26-22(23-20-8-9-20)19-7-4-13-25(17-19)21-11-15-24(16-12-21)14-10-18-5-2-1-3-6-18/h1-3,5-6,19-21H,4,7-17H2,(H,23,26)/t19-/m0/s1. The highest BCUT2D eigenvalue weighted by Gasteiger charge is 2.33. The van der Waals surface area contributed by atoms with E-state index in [1.807, 2.05) is 0 Å². The van der Waals surface area contributed by atoms with E-state index in [4.69, 9.17) is 0 Å². The molecule has 4 nitrogen and oxygen atoms in total. The van der Waals surface area contributed by atoms with Crippen molar-refractivity contribution in [3.05, 3.63) is 35.9 Å². The van der Waals surface area contributed by atoms with Crippen LogP contribution in [0.25, 0.3) is 0 Å². The van der Waals surface area contributed by atoms with E-state index in [2.05, 4.69) is 45.4 Å². The summed E-state index contributed by atoms with van der Waals surface area (Å²) in [6.45, 7) is 5.73. The Kier molecular flexibility index (Phi) is 5.91. The zero-order valence-electron chi connectivity index (χ0n) is 15.9. The second-order valence-electron chi connectivity index (χ2n) is 8.43. The summed E-state index contributed by atoms with van der Waals surface area (Å²) in [5.41, 5.74) is 1.44. The molecule has 0 unspecified atom stereocenters. The first-order valence-electron chi connectivity index (χ1n) is 10.6. The van der Waals surface area contributed by atoms with Gasteiger partial charge in [-0.15, -0.1) is 0 Å². The minimum absolute atomic E-state index is 0.223. The van der Waals surface area contributed by atoms with Crippen LogP contribution in [0.15, 0.2) is 30.3 Å². The summed E-state index contributed by atoms with van der Waals surface area (Å²) >= 11 is 0. The number of carbonyl (C=O) groups is 1. The molecule has 0 spiro atoms. The van der Waals surface area contributed by atoms with Crippen LogP contribution >= 0.6 is 0 Å². The minimum Gasteiger partial charge on any atom is -0.353 e. The molecule has 1 saturated carbocycles. The number of nitrogens with zero attached hydrogens (tertiary/aromatic N) is 2. The second-order valence-corrected chi connectivity index (χ2v) is 8.43. The first kappa shape index (κ1) is 18.0. The van der Waals surface area contributed by atoms with Crippen molar-refractivity contribution in [2.75, 3.05) is 32.7 Å². The van der Waals surface area contributed by atoms with Gasteiger partial charge in [-0.2, -0.15) is 0 Å². The molecule has 3 aliphatic rings. The van der Waals surface area contributed by atoms with Crippen LogP contribution in [0.4, 0.5) is 0 Å². The number of likely N-dealkylation sites (tertiary alicyclic amines) is 2. The van der Waals surface area contributed by atoms with Crippen LogP contribution in [0.1, 0.15) is 44.1 Å². The number of nitrogens with one attached hydrogen (secondary N) is 1.